The fraction of sp³-hybridized carbons (Fsp3) is 0.250. The maximum Gasteiger partial charge on any atom is 0.126 e. The number of hydrogen-bond acceptors (Lipinski definition) is 2. The lowest BCUT2D eigenvalue weighted by Gasteiger charge is -2.30. The Morgan fingerprint density at radius 3 is 2.79 bits per heavy atom. The molecule has 0 aliphatic carbocycles. The van der Waals surface area contributed by atoms with Crippen molar-refractivity contribution in [2.24, 2.45) is 5.73 Å². The number of hydrogen-bond donors (Lipinski definition) is 1. The molecule has 1 unspecified atom stereocenters. The van der Waals surface area contributed by atoms with E-state index in [1.165, 1.54) is 0 Å². The number of fused-ring (bicyclic) bond motifs is 1. The van der Waals surface area contributed by atoms with Crippen LogP contribution in [0.5, 0.6) is 5.75 Å². The summed E-state index contributed by atoms with van der Waals surface area (Å²) in [6.07, 6.45) is 0.749. The summed E-state index contributed by atoms with van der Waals surface area (Å²) in [6.45, 7) is 1.99. The van der Waals surface area contributed by atoms with Gasteiger partial charge in [-0.3, -0.25) is 0 Å². The fourth-order valence-electron chi connectivity index (χ4n) is 2.47. The number of ether oxygens (including phenoxy) is 1. The second-order valence-electron chi connectivity index (χ2n) is 5.00. The lowest BCUT2D eigenvalue weighted by molar-refractivity contribution is 0.161. The van der Waals surface area contributed by atoms with Crippen LogP contribution in [-0.4, -0.2) is 0 Å². The van der Waals surface area contributed by atoms with Crippen LogP contribution in [0.1, 0.15) is 35.3 Å². The normalized spacial score (nSPS) is 21.6. The van der Waals surface area contributed by atoms with Gasteiger partial charge in [-0.15, -0.1) is 0 Å². The molecule has 0 radical (unpaired) electrons. The highest BCUT2D eigenvalue weighted by Gasteiger charge is 2.26. The van der Waals surface area contributed by atoms with Gasteiger partial charge in [0.2, 0.25) is 0 Å². The molecule has 2 aromatic rings. The molecule has 3 heteroatoms. The molecule has 0 aromatic heterocycles. The van der Waals surface area contributed by atoms with Crippen molar-refractivity contribution in [2.75, 3.05) is 0 Å². The molecule has 98 valence electrons. The van der Waals surface area contributed by atoms with Gasteiger partial charge < -0.3 is 10.5 Å². The van der Waals surface area contributed by atoms with E-state index in [-0.39, 0.29) is 12.1 Å². The molecular weight excluding hydrogens is 258 g/mol. The highest BCUT2D eigenvalue weighted by molar-refractivity contribution is 6.31. The second kappa shape index (κ2) is 4.87. The molecule has 19 heavy (non-hydrogen) atoms. The van der Waals surface area contributed by atoms with Gasteiger partial charge in [0.15, 0.2) is 0 Å². The van der Waals surface area contributed by atoms with Crippen molar-refractivity contribution in [3.8, 4) is 5.75 Å². The Bertz CT molecular complexity index is 611. The maximum absolute atomic E-state index is 6.23. The van der Waals surface area contributed by atoms with Crippen molar-refractivity contribution in [3.63, 3.8) is 0 Å². The van der Waals surface area contributed by atoms with Gasteiger partial charge in [0.05, 0.1) is 0 Å². The Morgan fingerprint density at radius 1 is 1.21 bits per heavy atom. The van der Waals surface area contributed by atoms with Gasteiger partial charge in [-0.25, -0.2) is 0 Å². The number of halogens is 1. The number of rotatable bonds is 1. The minimum Gasteiger partial charge on any atom is -0.485 e. The zero-order chi connectivity index (χ0) is 13.4. The van der Waals surface area contributed by atoms with Crippen molar-refractivity contribution >= 4 is 11.6 Å². The predicted octanol–water partition coefficient (Wildman–Crippen LogP) is 4.17. The molecule has 0 bridgehead atoms. The van der Waals surface area contributed by atoms with Gasteiger partial charge in [-0.2, -0.15) is 0 Å². The van der Waals surface area contributed by atoms with E-state index in [9.17, 15) is 0 Å². The van der Waals surface area contributed by atoms with E-state index in [1.807, 2.05) is 43.3 Å². The van der Waals surface area contributed by atoms with E-state index < -0.39 is 0 Å². The van der Waals surface area contributed by atoms with Gasteiger partial charge >= 0.3 is 0 Å². The topological polar surface area (TPSA) is 35.2 Å². The van der Waals surface area contributed by atoms with Crippen molar-refractivity contribution < 1.29 is 4.74 Å². The largest absolute Gasteiger partial charge is 0.485 e. The van der Waals surface area contributed by atoms with E-state index >= 15 is 0 Å². The first kappa shape index (κ1) is 12.5. The number of aryl methyl sites for hydroxylation is 1. The number of para-hydroxylation sites is 1. The fourth-order valence-corrected chi connectivity index (χ4v) is 2.66. The third kappa shape index (κ3) is 2.34. The van der Waals surface area contributed by atoms with Crippen molar-refractivity contribution in [2.45, 2.75) is 25.5 Å². The van der Waals surface area contributed by atoms with Crippen LogP contribution in [0.15, 0.2) is 42.5 Å². The predicted molar refractivity (Wildman–Crippen MR) is 77.5 cm³/mol. The minimum atomic E-state index is -0.0250. The third-order valence-electron chi connectivity index (χ3n) is 3.62. The summed E-state index contributed by atoms with van der Waals surface area (Å²) in [6, 6.07) is 14.0. The van der Waals surface area contributed by atoms with Crippen molar-refractivity contribution in [1.82, 2.24) is 0 Å². The molecule has 0 saturated carbocycles. The van der Waals surface area contributed by atoms with Crippen LogP contribution in [0.3, 0.4) is 0 Å². The first-order valence-corrected chi connectivity index (χ1v) is 6.80. The molecular formula is C16H16ClNO. The van der Waals surface area contributed by atoms with Gasteiger partial charge in [0.1, 0.15) is 11.9 Å². The van der Waals surface area contributed by atoms with E-state index in [0.717, 1.165) is 33.9 Å². The minimum absolute atomic E-state index is 0.00929. The summed E-state index contributed by atoms with van der Waals surface area (Å²) in [4.78, 5) is 0. The zero-order valence-electron chi connectivity index (χ0n) is 10.8. The summed E-state index contributed by atoms with van der Waals surface area (Å²) in [7, 11) is 0. The molecule has 2 atom stereocenters. The number of benzene rings is 2. The molecule has 2 N–H and O–H groups in total. The monoisotopic (exact) mass is 273 g/mol. The summed E-state index contributed by atoms with van der Waals surface area (Å²) in [5.74, 6) is 0.878. The first-order valence-electron chi connectivity index (χ1n) is 6.42. The highest BCUT2D eigenvalue weighted by Crippen LogP contribution is 2.39. The zero-order valence-corrected chi connectivity index (χ0v) is 11.5. The lowest BCUT2D eigenvalue weighted by atomic mass is 9.93. The van der Waals surface area contributed by atoms with Crippen LogP contribution >= 0.6 is 11.6 Å². The maximum atomic E-state index is 6.23. The van der Waals surface area contributed by atoms with Gasteiger partial charge in [0, 0.05) is 23.0 Å². The molecule has 0 spiro atoms. The third-order valence-corrected chi connectivity index (χ3v) is 4.03. The smallest absolute Gasteiger partial charge is 0.126 e. The SMILES string of the molecule is Cc1ccc(C2C[C@H](N)c3ccccc3O2)cc1Cl. The molecule has 1 heterocycles. The lowest BCUT2D eigenvalue weighted by Crippen LogP contribution is -2.24. The number of nitrogens with two attached hydrogens (primary N) is 1. The van der Waals surface area contributed by atoms with E-state index in [1.54, 1.807) is 0 Å². The molecule has 0 amide bonds. The average molecular weight is 274 g/mol. The molecule has 3 rings (SSSR count). The Labute approximate surface area is 118 Å². The molecule has 1 aliphatic heterocycles. The summed E-state index contributed by atoms with van der Waals surface area (Å²) >= 11 is 6.18. The van der Waals surface area contributed by atoms with E-state index in [0.29, 0.717) is 0 Å². The molecule has 1 aliphatic rings. The van der Waals surface area contributed by atoms with Gasteiger partial charge in [-0.1, -0.05) is 41.9 Å². The average Bonchev–Trinajstić information content (AvgIpc) is 2.42. The van der Waals surface area contributed by atoms with E-state index in [2.05, 4.69) is 6.07 Å². The summed E-state index contributed by atoms with van der Waals surface area (Å²) in [5, 5.41) is 0.772. The Balaban J connectivity index is 1.94. The van der Waals surface area contributed by atoms with Crippen LogP contribution in [0.25, 0.3) is 0 Å². The molecule has 2 nitrogen and oxygen atoms in total. The van der Waals surface area contributed by atoms with Crippen LogP contribution in [0, 0.1) is 6.92 Å². The summed E-state index contributed by atoms with van der Waals surface area (Å²) in [5.41, 5.74) is 9.47. The highest BCUT2D eigenvalue weighted by atomic mass is 35.5. The van der Waals surface area contributed by atoms with Crippen molar-refractivity contribution in [3.05, 3.63) is 64.2 Å². The van der Waals surface area contributed by atoms with Crippen LogP contribution in [-0.2, 0) is 0 Å². The van der Waals surface area contributed by atoms with Crippen LogP contribution in [0.4, 0.5) is 0 Å². The van der Waals surface area contributed by atoms with Crippen LogP contribution < -0.4 is 10.5 Å². The quantitative estimate of drug-likeness (QED) is 0.846. The standard InChI is InChI=1S/C16H16ClNO/c1-10-6-7-11(8-13(10)17)16-9-14(18)12-4-2-3-5-15(12)19-16/h2-8,14,16H,9,18H2,1H3/t14-,16?/m0/s1. The second-order valence-corrected chi connectivity index (χ2v) is 5.40. The first-order chi connectivity index (χ1) is 9.15. The summed E-state index contributed by atoms with van der Waals surface area (Å²) < 4.78 is 6.04. The Kier molecular flexibility index (Phi) is 3.21. The van der Waals surface area contributed by atoms with Crippen molar-refractivity contribution in [1.29, 1.82) is 0 Å². The molecule has 2 aromatic carbocycles. The Morgan fingerprint density at radius 2 is 2.00 bits per heavy atom. The van der Waals surface area contributed by atoms with Gasteiger partial charge in [0.25, 0.3) is 0 Å². The molecule has 0 fully saturated rings. The van der Waals surface area contributed by atoms with E-state index in [4.69, 9.17) is 22.1 Å². The van der Waals surface area contributed by atoms with Crippen LogP contribution in [0.2, 0.25) is 5.02 Å². The van der Waals surface area contributed by atoms with Gasteiger partial charge in [-0.05, 0) is 30.2 Å². The molecule has 0 saturated heterocycles. The Hall–Kier alpha value is -1.51.